The SMILES string of the molecule is O=C(CCCN1C(=O)c2ccccc2C1=O)OCc1nc(-c2ccccc2)no1. The van der Waals surface area contributed by atoms with Crippen LogP contribution >= 0.6 is 0 Å². The van der Waals surface area contributed by atoms with Crippen molar-refractivity contribution < 1.29 is 23.6 Å². The number of imide groups is 1. The largest absolute Gasteiger partial charge is 0.456 e. The van der Waals surface area contributed by atoms with E-state index in [1.807, 2.05) is 30.3 Å². The van der Waals surface area contributed by atoms with E-state index in [1.165, 1.54) is 0 Å². The van der Waals surface area contributed by atoms with Gasteiger partial charge in [-0.3, -0.25) is 19.3 Å². The molecule has 1 aliphatic rings. The highest BCUT2D eigenvalue weighted by Crippen LogP contribution is 2.22. The minimum atomic E-state index is -0.471. The van der Waals surface area contributed by atoms with Gasteiger partial charge >= 0.3 is 5.97 Å². The van der Waals surface area contributed by atoms with Crippen LogP contribution in [0.1, 0.15) is 39.4 Å². The fourth-order valence-corrected chi connectivity index (χ4v) is 3.06. The first-order valence-corrected chi connectivity index (χ1v) is 9.12. The van der Waals surface area contributed by atoms with Gasteiger partial charge in [0, 0.05) is 18.5 Å². The normalized spacial score (nSPS) is 12.9. The average molecular weight is 391 g/mol. The van der Waals surface area contributed by atoms with Crippen LogP contribution in [-0.2, 0) is 16.1 Å². The molecule has 0 unspecified atom stereocenters. The van der Waals surface area contributed by atoms with E-state index in [0.29, 0.717) is 23.4 Å². The number of hydrogen-bond donors (Lipinski definition) is 0. The molecule has 2 aromatic carbocycles. The van der Waals surface area contributed by atoms with E-state index in [0.717, 1.165) is 10.5 Å². The Hall–Kier alpha value is -3.81. The van der Waals surface area contributed by atoms with Gasteiger partial charge in [-0.15, -0.1) is 0 Å². The van der Waals surface area contributed by atoms with E-state index in [4.69, 9.17) is 9.26 Å². The highest BCUT2D eigenvalue weighted by Gasteiger charge is 2.34. The molecule has 0 spiro atoms. The summed E-state index contributed by atoms with van der Waals surface area (Å²) in [6, 6.07) is 16.0. The van der Waals surface area contributed by atoms with Gasteiger partial charge in [0.05, 0.1) is 11.1 Å². The van der Waals surface area contributed by atoms with Gasteiger partial charge in [-0.25, -0.2) is 0 Å². The Kier molecular flexibility index (Phi) is 5.15. The van der Waals surface area contributed by atoms with Crippen molar-refractivity contribution in [2.75, 3.05) is 6.54 Å². The first kappa shape index (κ1) is 18.5. The molecule has 3 aromatic rings. The Morgan fingerprint density at radius 1 is 0.966 bits per heavy atom. The molecule has 0 aliphatic carbocycles. The molecule has 29 heavy (non-hydrogen) atoms. The molecule has 146 valence electrons. The molecule has 1 aromatic heterocycles. The highest BCUT2D eigenvalue weighted by atomic mass is 16.6. The second-order valence-corrected chi connectivity index (χ2v) is 6.45. The molecule has 1 aliphatic heterocycles. The topological polar surface area (TPSA) is 103 Å². The third kappa shape index (κ3) is 3.91. The fourth-order valence-electron chi connectivity index (χ4n) is 3.06. The third-order valence-electron chi connectivity index (χ3n) is 4.50. The monoisotopic (exact) mass is 391 g/mol. The lowest BCUT2D eigenvalue weighted by Gasteiger charge is -2.13. The molecule has 8 nitrogen and oxygen atoms in total. The number of benzene rings is 2. The molecular weight excluding hydrogens is 374 g/mol. The van der Waals surface area contributed by atoms with Crippen molar-refractivity contribution in [1.82, 2.24) is 15.0 Å². The molecule has 2 heterocycles. The lowest BCUT2D eigenvalue weighted by molar-refractivity contribution is -0.145. The standard InChI is InChI=1S/C21H17N3O5/c25-18(28-13-17-22-19(23-29-17)14-7-2-1-3-8-14)11-6-12-24-20(26)15-9-4-5-10-16(15)21(24)27/h1-5,7-10H,6,11-13H2. The fraction of sp³-hybridized carbons (Fsp3) is 0.190. The zero-order chi connectivity index (χ0) is 20.2. The Morgan fingerprint density at radius 3 is 2.31 bits per heavy atom. The van der Waals surface area contributed by atoms with E-state index in [-0.39, 0.29) is 37.3 Å². The third-order valence-corrected chi connectivity index (χ3v) is 4.50. The van der Waals surface area contributed by atoms with Gasteiger partial charge in [-0.2, -0.15) is 4.98 Å². The summed E-state index contributed by atoms with van der Waals surface area (Å²) in [5, 5.41) is 3.86. The maximum absolute atomic E-state index is 12.3. The average Bonchev–Trinajstić information content (AvgIpc) is 3.32. The van der Waals surface area contributed by atoms with Crippen LogP contribution in [0.25, 0.3) is 11.4 Å². The minimum absolute atomic E-state index is 0.0626. The molecular formula is C21H17N3O5. The van der Waals surface area contributed by atoms with Gasteiger partial charge < -0.3 is 9.26 Å². The molecule has 2 amide bonds. The summed E-state index contributed by atoms with van der Waals surface area (Å²) >= 11 is 0. The van der Waals surface area contributed by atoms with Crippen molar-refractivity contribution in [3.63, 3.8) is 0 Å². The quantitative estimate of drug-likeness (QED) is 0.451. The Morgan fingerprint density at radius 2 is 1.62 bits per heavy atom. The minimum Gasteiger partial charge on any atom is -0.456 e. The molecule has 0 N–H and O–H groups in total. The predicted octanol–water partition coefficient (Wildman–Crippen LogP) is 2.86. The molecule has 4 rings (SSSR count). The maximum Gasteiger partial charge on any atom is 0.306 e. The Balaban J connectivity index is 1.24. The zero-order valence-corrected chi connectivity index (χ0v) is 15.4. The van der Waals surface area contributed by atoms with Gasteiger partial charge in [0.2, 0.25) is 5.82 Å². The number of aromatic nitrogens is 2. The maximum atomic E-state index is 12.3. The number of nitrogens with zero attached hydrogens (tertiary/aromatic N) is 3. The number of amides is 2. The number of carbonyl (C=O) groups excluding carboxylic acids is 3. The van der Waals surface area contributed by atoms with Gasteiger partial charge in [-0.1, -0.05) is 47.6 Å². The van der Waals surface area contributed by atoms with E-state index in [9.17, 15) is 14.4 Å². The Labute approximate surface area is 166 Å². The van der Waals surface area contributed by atoms with Crippen LogP contribution < -0.4 is 0 Å². The molecule has 0 fully saturated rings. The number of rotatable bonds is 7. The second-order valence-electron chi connectivity index (χ2n) is 6.45. The highest BCUT2D eigenvalue weighted by molar-refractivity contribution is 6.21. The lowest BCUT2D eigenvalue weighted by atomic mass is 10.1. The smallest absolute Gasteiger partial charge is 0.306 e. The van der Waals surface area contributed by atoms with Crippen LogP contribution in [0.5, 0.6) is 0 Å². The van der Waals surface area contributed by atoms with Crippen LogP contribution in [0, 0.1) is 0 Å². The first-order valence-electron chi connectivity index (χ1n) is 9.12. The summed E-state index contributed by atoms with van der Waals surface area (Å²) < 4.78 is 10.2. The molecule has 0 saturated heterocycles. The summed E-state index contributed by atoms with van der Waals surface area (Å²) in [6.07, 6.45) is 0.372. The summed E-state index contributed by atoms with van der Waals surface area (Å²) in [5.41, 5.74) is 1.59. The van der Waals surface area contributed by atoms with Crippen molar-refractivity contribution in [3.05, 3.63) is 71.6 Å². The van der Waals surface area contributed by atoms with Gasteiger partial charge in [0.25, 0.3) is 17.7 Å². The summed E-state index contributed by atoms with van der Waals surface area (Å²) in [5.74, 6) is -0.530. The van der Waals surface area contributed by atoms with Crippen molar-refractivity contribution in [1.29, 1.82) is 0 Å². The number of hydrogen-bond acceptors (Lipinski definition) is 7. The van der Waals surface area contributed by atoms with E-state index >= 15 is 0 Å². The summed E-state index contributed by atoms with van der Waals surface area (Å²) in [6.45, 7) is 0.0197. The van der Waals surface area contributed by atoms with Crippen molar-refractivity contribution >= 4 is 17.8 Å². The van der Waals surface area contributed by atoms with Crippen molar-refractivity contribution in [2.45, 2.75) is 19.4 Å². The number of ether oxygens (including phenoxy) is 1. The van der Waals surface area contributed by atoms with E-state index < -0.39 is 5.97 Å². The lowest BCUT2D eigenvalue weighted by Crippen LogP contribution is -2.31. The molecule has 8 heteroatoms. The van der Waals surface area contributed by atoms with Crippen LogP contribution in [-0.4, -0.2) is 39.4 Å². The van der Waals surface area contributed by atoms with Crippen molar-refractivity contribution in [2.24, 2.45) is 0 Å². The second kappa shape index (κ2) is 8.05. The summed E-state index contributed by atoms with van der Waals surface area (Å²) in [7, 11) is 0. The first-order chi connectivity index (χ1) is 14.1. The van der Waals surface area contributed by atoms with E-state index in [1.54, 1.807) is 24.3 Å². The zero-order valence-electron chi connectivity index (χ0n) is 15.4. The van der Waals surface area contributed by atoms with Gasteiger partial charge in [0.15, 0.2) is 6.61 Å². The number of carbonyl (C=O) groups is 3. The molecule has 0 radical (unpaired) electrons. The van der Waals surface area contributed by atoms with Crippen LogP contribution in [0.2, 0.25) is 0 Å². The molecule has 0 atom stereocenters. The van der Waals surface area contributed by atoms with Crippen molar-refractivity contribution in [3.8, 4) is 11.4 Å². The van der Waals surface area contributed by atoms with Crippen LogP contribution in [0.15, 0.2) is 59.1 Å². The molecule has 0 saturated carbocycles. The van der Waals surface area contributed by atoms with Gasteiger partial charge in [-0.05, 0) is 18.6 Å². The molecule has 0 bridgehead atoms. The summed E-state index contributed by atoms with van der Waals surface area (Å²) in [4.78, 5) is 41.8. The van der Waals surface area contributed by atoms with Crippen LogP contribution in [0.4, 0.5) is 0 Å². The van der Waals surface area contributed by atoms with Gasteiger partial charge in [0.1, 0.15) is 0 Å². The predicted molar refractivity (Wildman–Crippen MR) is 101 cm³/mol. The van der Waals surface area contributed by atoms with Crippen LogP contribution in [0.3, 0.4) is 0 Å². The Bertz CT molecular complexity index is 1030. The number of fused-ring (bicyclic) bond motifs is 1. The van der Waals surface area contributed by atoms with E-state index in [2.05, 4.69) is 10.1 Å². The number of esters is 1.